The third-order valence-electron chi connectivity index (χ3n) is 2.78. The van der Waals surface area contributed by atoms with Gasteiger partial charge >= 0.3 is 0 Å². The lowest BCUT2D eigenvalue weighted by atomic mass is 9.83. The summed E-state index contributed by atoms with van der Waals surface area (Å²) in [4.78, 5) is 0. The minimum absolute atomic E-state index is 0.406. The third-order valence-corrected chi connectivity index (χ3v) is 2.78. The largest absolute Gasteiger partial charge is 0.313 e. The molecule has 1 nitrogen and oxygen atoms in total. The summed E-state index contributed by atoms with van der Waals surface area (Å²) >= 11 is 0. The monoisotopic (exact) mass is 199 g/mol. The molecule has 1 atom stereocenters. The molecule has 0 spiro atoms. The molecule has 0 saturated carbocycles. The molecule has 0 amide bonds. The van der Waals surface area contributed by atoms with E-state index in [2.05, 4.69) is 39.9 Å². The van der Waals surface area contributed by atoms with Crippen molar-refractivity contribution in [2.45, 2.75) is 72.8 Å². The van der Waals surface area contributed by atoms with E-state index in [9.17, 15) is 0 Å². The Morgan fingerprint density at radius 3 is 2.07 bits per heavy atom. The van der Waals surface area contributed by atoms with Crippen molar-refractivity contribution < 1.29 is 0 Å². The van der Waals surface area contributed by atoms with Crippen LogP contribution in [0.3, 0.4) is 0 Å². The first-order valence-corrected chi connectivity index (χ1v) is 6.25. The van der Waals surface area contributed by atoms with Gasteiger partial charge < -0.3 is 5.32 Å². The van der Waals surface area contributed by atoms with Crippen molar-refractivity contribution in [3.8, 4) is 0 Å². The van der Waals surface area contributed by atoms with Crippen LogP contribution in [0.15, 0.2) is 0 Å². The maximum Gasteiger partial charge on any atom is 0.0116 e. The van der Waals surface area contributed by atoms with Crippen LogP contribution >= 0.6 is 0 Å². The zero-order chi connectivity index (χ0) is 11.0. The number of hydrogen-bond acceptors (Lipinski definition) is 1. The molecule has 0 saturated heterocycles. The van der Waals surface area contributed by atoms with Crippen LogP contribution < -0.4 is 5.32 Å². The predicted molar refractivity (Wildman–Crippen MR) is 65.7 cm³/mol. The first-order valence-electron chi connectivity index (χ1n) is 6.25. The molecule has 1 unspecified atom stereocenters. The molecule has 0 aliphatic heterocycles. The first kappa shape index (κ1) is 14.0. The van der Waals surface area contributed by atoms with Crippen molar-refractivity contribution in [3.63, 3.8) is 0 Å². The Balaban J connectivity index is 3.85. The van der Waals surface area contributed by atoms with Crippen molar-refractivity contribution in [1.82, 2.24) is 5.32 Å². The molecule has 0 aromatic heterocycles. The van der Waals surface area contributed by atoms with E-state index in [1.807, 2.05) is 0 Å². The fourth-order valence-corrected chi connectivity index (χ4v) is 1.76. The molecule has 1 heteroatoms. The number of unbranched alkanes of at least 4 members (excludes halogenated alkanes) is 2. The topological polar surface area (TPSA) is 12.0 Å². The molecule has 0 heterocycles. The Labute approximate surface area is 90.7 Å². The standard InChI is InChI=1S/C13H29N/c1-6-8-9-10-12(13(3,4)5)14-11-7-2/h12,14H,6-11H2,1-5H3. The minimum Gasteiger partial charge on any atom is -0.313 e. The maximum absolute atomic E-state index is 3.67. The minimum atomic E-state index is 0.406. The Morgan fingerprint density at radius 2 is 1.64 bits per heavy atom. The molecule has 1 N–H and O–H groups in total. The first-order chi connectivity index (χ1) is 6.52. The summed E-state index contributed by atoms with van der Waals surface area (Å²) in [6.07, 6.45) is 6.64. The summed E-state index contributed by atoms with van der Waals surface area (Å²) < 4.78 is 0. The summed E-state index contributed by atoms with van der Waals surface area (Å²) in [5.74, 6) is 0. The lowest BCUT2D eigenvalue weighted by Gasteiger charge is -2.31. The molecule has 0 bridgehead atoms. The highest BCUT2D eigenvalue weighted by Gasteiger charge is 2.22. The van der Waals surface area contributed by atoms with Gasteiger partial charge in [-0.1, -0.05) is 53.9 Å². The fraction of sp³-hybridized carbons (Fsp3) is 1.00. The summed E-state index contributed by atoms with van der Waals surface area (Å²) in [6, 6.07) is 0.689. The highest BCUT2D eigenvalue weighted by molar-refractivity contribution is 4.80. The van der Waals surface area contributed by atoms with E-state index in [-0.39, 0.29) is 0 Å². The van der Waals surface area contributed by atoms with Crippen LogP contribution in [0.4, 0.5) is 0 Å². The van der Waals surface area contributed by atoms with Crippen molar-refractivity contribution in [3.05, 3.63) is 0 Å². The van der Waals surface area contributed by atoms with Crippen LogP contribution in [-0.2, 0) is 0 Å². The number of hydrogen-bond donors (Lipinski definition) is 1. The molecule has 14 heavy (non-hydrogen) atoms. The average Bonchev–Trinajstić information content (AvgIpc) is 2.09. The van der Waals surface area contributed by atoms with Gasteiger partial charge in [0, 0.05) is 6.04 Å². The molecule has 86 valence electrons. The van der Waals surface area contributed by atoms with E-state index in [0.29, 0.717) is 11.5 Å². The molecular weight excluding hydrogens is 170 g/mol. The third kappa shape index (κ3) is 6.42. The number of rotatable bonds is 7. The van der Waals surface area contributed by atoms with E-state index in [1.165, 1.54) is 32.1 Å². The van der Waals surface area contributed by atoms with Crippen molar-refractivity contribution in [1.29, 1.82) is 0 Å². The van der Waals surface area contributed by atoms with Gasteiger partial charge in [0.05, 0.1) is 0 Å². The van der Waals surface area contributed by atoms with Gasteiger partial charge in [-0.25, -0.2) is 0 Å². The fourth-order valence-electron chi connectivity index (χ4n) is 1.76. The summed E-state index contributed by atoms with van der Waals surface area (Å²) in [5.41, 5.74) is 0.406. The van der Waals surface area contributed by atoms with E-state index >= 15 is 0 Å². The molecule has 0 aliphatic rings. The summed E-state index contributed by atoms with van der Waals surface area (Å²) in [7, 11) is 0. The van der Waals surface area contributed by atoms with Gasteiger partial charge in [0.2, 0.25) is 0 Å². The second-order valence-electron chi connectivity index (χ2n) is 5.37. The summed E-state index contributed by atoms with van der Waals surface area (Å²) in [6.45, 7) is 12.7. The van der Waals surface area contributed by atoms with Gasteiger partial charge in [-0.2, -0.15) is 0 Å². The van der Waals surface area contributed by atoms with Crippen LogP contribution in [0.2, 0.25) is 0 Å². The molecule has 0 rings (SSSR count). The second-order valence-corrected chi connectivity index (χ2v) is 5.37. The van der Waals surface area contributed by atoms with Gasteiger partial charge in [-0.05, 0) is 24.8 Å². The Morgan fingerprint density at radius 1 is 1.00 bits per heavy atom. The van der Waals surface area contributed by atoms with Gasteiger partial charge in [-0.15, -0.1) is 0 Å². The second kappa shape index (κ2) is 7.28. The summed E-state index contributed by atoms with van der Waals surface area (Å²) in [5, 5.41) is 3.67. The molecular formula is C13H29N. The molecule has 0 aliphatic carbocycles. The van der Waals surface area contributed by atoms with Crippen molar-refractivity contribution in [2.75, 3.05) is 6.54 Å². The van der Waals surface area contributed by atoms with Gasteiger partial charge in [0.25, 0.3) is 0 Å². The van der Waals surface area contributed by atoms with Crippen LogP contribution in [-0.4, -0.2) is 12.6 Å². The van der Waals surface area contributed by atoms with E-state index < -0.39 is 0 Å². The van der Waals surface area contributed by atoms with Gasteiger partial charge in [-0.3, -0.25) is 0 Å². The van der Waals surface area contributed by atoms with Crippen LogP contribution in [0, 0.1) is 5.41 Å². The van der Waals surface area contributed by atoms with E-state index in [1.54, 1.807) is 0 Å². The average molecular weight is 199 g/mol. The van der Waals surface area contributed by atoms with Crippen molar-refractivity contribution >= 4 is 0 Å². The normalized spacial score (nSPS) is 14.4. The predicted octanol–water partition coefficient (Wildman–Crippen LogP) is 3.98. The Kier molecular flexibility index (Phi) is 7.26. The van der Waals surface area contributed by atoms with Crippen LogP contribution in [0.1, 0.15) is 66.7 Å². The molecule has 0 aromatic carbocycles. The maximum atomic E-state index is 3.67. The molecule has 0 radical (unpaired) electrons. The molecule has 0 fully saturated rings. The lowest BCUT2D eigenvalue weighted by Crippen LogP contribution is -2.40. The highest BCUT2D eigenvalue weighted by atomic mass is 14.9. The zero-order valence-corrected chi connectivity index (χ0v) is 10.8. The van der Waals surface area contributed by atoms with Crippen LogP contribution in [0.5, 0.6) is 0 Å². The van der Waals surface area contributed by atoms with Gasteiger partial charge in [0.15, 0.2) is 0 Å². The van der Waals surface area contributed by atoms with E-state index in [4.69, 9.17) is 0 Å². The van der Waals surface area contributed by atoms with Crippen LogP contribution in [0.25, 0.3) is 0 Å². The van der Waals surface area contributed by atoms with Crippen molar-refractivity contribution in [2.24, 2.45) is 5.41 Å². The lowest BCUT2D eigenvalue weighted by molar-refractivity contribution is 0.250. The highest BCUT2D eigenvalue weighted by Crippen LogP contribution is 2.23. The SMILES string of the molecule is CCCCCC(NCCC)C(C)(C)C. The molecule has 0 aromatic rings. The zero-order valence-electron chi connectivity index (χ0n) is 10.8. The Bertz CT molecular complexity index is 124. The quantitative estimate of drug-likeness (QED) is 0.612. The van der Waals surface area contributed by atoms with E-state index in [0.717, 1.165) is 6.54 Å². The van der Waals surface area contributed by atoms with Gasteiger partial charge in [0.1, 0.15) is 0 Å². The smallest absolute Gasteiger partial charge is 0.0116 e. The number of nitrogens with one attached hydrogen (secondary N) is 1. The Hall–Kier alpha value is -0.0400.